The molecule has 4 N–H and O–H groups in total. The number of aliphatic carboxylic acids is 1. The number of hydrogen-bond donors (Lipinski definition) is 4. The van der Waals surface area contributed by atoms with Crippen LogP contribution in [0.5, 0.6) is 0 Å². The van der Waals surface area contributed by atoms with Gasteiger partial charge in [-0.05, 0) is 44.9 Å². The van der Waals surface area contributed by atoms with E-state index >= 15 is 0 Å². The third-order valence-corrected chi connectivity index (χ3v) is 8.19. The summed E-state index contributed by atoms with van der Waals surface area (Å²) in [7, 11) is -4.74. The second-order valence-corrected chi connectivity index (χ2v) is 13.2. The van der Waals surface area contributed by atoms with Crippen LogP contribution in [0, 0.1) is 0 Å². The topological polar surface area (TPSA) is 169 Å². The van der Waals surface area contributed by atoms with Crippen LogP contribution in [0.3, 0.4) is 0 Å². The third-order valence-electron chi connectivity index (χ3n) is 7.24. The molecule has 0 fully saturated rings. The van der Waals surface area contributed by atoms with Gasteiger partial charge in [0, 0.05) is 12.8 Å². The number of ether oxygens (including phenoxy) is 1. The molecule has 46 heavy (non-hydrogen) atoms. The molecule has 268 valence electrons. The van der Waals surface area contributed by atoms with Crippen molar-refractivity contribution >= 4 is 25.7 Å². The average molecular weight is 676 g/mol. The molecule has 0 bridgehead atoms. The Balaban J connectivity index is 4.03. The van der Waals surface area contributed by atoms with E-state index in [0.717, 1.165) is 77.0 Å². The molecule has 11 nitrogen and oxygen atoms in total. The number of carboxylic acid groups (broad SMARTS) is 1. The fourth-order valence-electron chi connectivity index (χ4n) is 4.46. The number of esters is 1. The van der Waals surface area contributed by atoms with Gasteiger partial charge in [0.1, 0.15) is 12.7 Å². The van der Waals surface area contributed by atoms with Crippen LogP contribution in [0.25, 0.3) is 0 Å². The van der Waals surface area contributed by atoms with Gasteiger partial charge in [0.05, 0.1) is 13.2 Å². The Bertz CT molecular complexity index is 895. The molecule has 0 aliphatic rings. The molecule has 12 heteroatoms. The van der Waals surface area contributed by atoms with E-state index in [2.05, 4.69) is 43.5 Å². The molecule has 0 heterocycles. The zero-order chi connectivity index (χ0) is 34.3. The monoisotopic (exact) mass is 675 g/mol. The molecule has 0 rings (SSSR count). The Hall–Kier alpha value is -2.04. The molecule has 0 spiro atoms. The zero-order valence-corrected chi connectivity index (χ0v) is 29.3. The predicted molar refractivity (Wildman–Crippen MR) is 180 cm³/mol. The number of carbonyl (C=O) groups excluding carboxylic acids is 2. The summed E-state index contributed by atoms with van der Waals surface area (Å²) in [6.07, 6.45) is 26.8. The summed E-state index contributed by atoms with van der Waals surface area (Å²) in [5.74, 6) is -2.40. The predicted octanol–water partition coefficient (Wildman–Crippen LogP) is 7.55. The maximum absolute atomic E-state index is 12.2. The summed E-state index contributed by atoms with van der Waals surface area (Å²) in [6, 6.07) is -1.55. The van der Waals surface area contributed by atoms with Crippen molar-refractivity contribution in [3.05, 3.63) is 24.3 Å². The van der Waals surface area contributed by atoms with E-state index < -0.39 is 57.6 Å². The molecule has 0 aromatic heterocycles. The molecular formula is C34H62NO10P. The lowest BCUT2D eigenvalue weighted by atomic mass is 10.1. The minimum absolute atomic E-state index is 0.130. The minimum atomic E-state index is -4.74. The van der Waals surface area contributed by atoms with E-state index in [-0.39, 0.29) is 12.8 Å². The molecule has 0 radical (unpaired) electrons. The number of carbonyl (C=O) groups is 3. The maximum atomic E-state index is 12.2. The van der Waals surface area contributed by atoms with E-state index in [0.29, 0.717) is 12.8 Å². The van der Waals surface area contributed by atoms with Crippen LogP contribution in [0.15, 0.2) is 24.3 Å². The van der Waals surface area contributed by atoms with Crippen LogP contribution < -0.4 is 5.32 Å². The van der Waals surface area contributed by atoms with Gasteiger partial charge in [-0.3, -0.25) is 18.6 Å². The number of nitrogens with one attached hydrogen (secondary N) is 1. The van der Waals surface area contributed by atoms with Gasteiger partial charge in [-0.2, -0.15) is 0 Å². The highest BCUT2D eigenvalue weighted by Crippen LogP contribution is 2.43. The highest BCUT2D eigenvalue weighted by atomic mass is 31.2. The van der Waals surface area contributed by atoms with Gasteiger partial charge in [-0.25, -0.2) is 9.36 Å². The first-order valence-electron chi connectivity index (χ1n) is 17.4. The standard InChI is InChI=1S/C34H62NO10P/c1-3-5-7-9-11-12-13-14-15-16-17-18-19-20-21-23-25-32(37)35-31(34(39)40)29-45-46(41,42)44-28-30(36)27-43-33(38)26-24-22-10-8-6-4-2/h12-13,15-16,30-31,36H,3-11,14,17-29H2,1-2H3,(H,35,37)(H,39,40)(H,41,42)/b13-12-,16-15-. The molecule has 0 aliphatic carbocycles. The average Bonchev–Trinajstić information content (AvgIpc) is 3.02. The molecule has 0 aromatic rings. The smallest absolute Gasteiger partial charge is 0.472 e. The summed E-state index contributed by atoms with van der Waals surface area (Å²) < 4.78 is 26.5. The molecular weight excluding hydrogens is 613 g/mol. The molecule has 0 saturated carbocycles. The lowest BCUT2D eigenvalue weighted by Crippen LogP contribution is -2.43. The molecule has 0 aromatic carbocycles. The normalized spacial score (nSPS) is 14.3. The molecule has 1 amide bonds. The van der Waals surface area contributed by atoms with E-state index in [4.69, 9.17) is 13.8 Å². The van der Waals surface area contributed by atoms with Crippen molar-refractivity contribution in [2.24, 2.45) is 0 Å². The van der Waals surface area contributed by atoms with Crippen LogP contribution in [0.1, 0.15) is 142 Å². The Labute approximate surface area is 277 Å². The van der Waals surface area contributed by atoms with Crippen LogP contribution in [0.4, 0.5) is 0 Å². The van der Waals surface area contributed by atoms with Crippen LogP contribution in [0.2, 0.25) is 0 Å². The van der Waals surface area contributed by atoms with Crippen LogP contribution in [-0.2, 0) is 32.7 Å². The van der Waals surface area contributed by atoms with E-state index in [9.17, 15) is 34.1 Å². The third kappa shape index (κ3) is 29.4. The van der Waals surface area contributed by atoms with E-state index in [1.54, 1.807) is 0 Å². The van der Waals surface area contributed by atoms with Gasteiger partial charge in [-0.1, -0.05) is 109 Å². The highest BCUT2D eigenvalue weighted by Gasteiger charge is 2.28. The van der Waals surface area contributed by atoms with Gasteiger partial charge in [0.15, 0.2) is 6.04 Å². The number of aliphatic hydroxyl groups excluding tert-OH is 1. The number of amides is 1. The Morgan fingerprint density at radius 1 is 0.696 bits per heavy atom. The summed E-state index contributed by atoms with van der Waals surface area (Å²) in [6.45, 7) is 2.45. The van der Waals surface area contributed by atoms with Crippen molar-refractivity contribution in [2.75, 3.05) is 19.8 Å². The summed E-state index contributed by atoms with van der Waals surface area (Å²) in [5.41, 5.74) is 0. The van der Waals surface area contributed by atoms with Crippen molar-refractivity contribution in [1.29, 1.82) is 0 Å². The molecule has 3 unspecified atom stereocenters. The fraction of sp³-hybridized carbons (Fsp3) is 0.794. The number of carboxylic acids is 1. The molecule has 3 atom stereocenters. The quantitative estimate of drug-likeness (QED) is 0.0242. The van der Waals surface area contributed by atoms with Crippen molar-refractivity contribution in [3.8, 4) is 0 Å². The number of aliphatic hydroxyl groups is 1. The summed E-state index contributed by atoms with van der Waals surface area (Å²) in [5, 5.41) is 21.6. The zero-order valence-electron chi connectivity index (χ0n) is 28.4. The van der Waals surface area contributed by atoms with Gasteiger partial charge in [-0.15, -0.1) is 0 Å². The van der Waals surface area contributed by atoms with Crippen molar-refractivity contribution in [1.82, 2.24) is 5.32 Å². The first kappa shape index (κ1) is 44.0. The van der Waals surface area contributed by atoms with Crippen molar-refractivity contribution in [3.63, 3.8) is 0 Å². The minimum Gasteiger partial charge on any atom is -0.480 e. The van der Waals surface area contributed by atoms with E-state index in [1.165, 1.54) is 25.7 Å². The number of rotatable bonds is 32. The SMILES string of the molecule is CCCCCC/C=C\C/C=C\CCCCCCCC(=O)NC(COP(=O)(O)OCC(O)COC(=O)CCCCCCCC)C(=O)O. The van der Waals surface area contributed by atoms with E-state index in [1.807, 2.05) is 0 Å². The second kappa shape index (κ2) is 30.3. The summed E-state index contributed by atoms with van der Waals surface area (Å²) >= 11 is 0. The van der Waals surface area contributed by atoms with Gasteiger partial charge < -0.3 is 25.2 Å². The maximum Gasteiger partial charge on any atom is 0.472 e. The van der Waals surface area contributed by atoms with Crippen LogP contribution >= 0.6 is 7.82 Å². The van der Waals surface area contributed by atoms with Gasteiger partial charge in [0.25, 0.3) is 0 Å². The number of hydrogen-bond acceptors (Lipinski definition) is 8. The largest absolute Gasteiger partial charge is 0.480 e. The molecule has 0 aliphatic heterocycles. The lowest BCUT2D eigenvalue weighted by Gasteiger charge is -2.18. The van der Waals surface area contributed by atoms with Crippen molar-refractivity contribution in [2.45, 2.75) is 154 Å². The highest BCUT2D eigenvalue weighted by molar-refractivity contribution is 7.47. The summed E-state index contributed by atoms with van der Waals surface area (Å²) in [4.78, 5) is 45.4. The fourth-order valence-corrected chi connectivity index (χ4v) is 5.23. The van der Waals surface area contributed by atoms with Crippen molar-refractivity contribution < 1.29 is 47.8 Å². The number of phosphoric acid groups is 1. The lowest BCUT2D eigenvalue weighted by molar-refractivity contribution is -0.147. The van der Waals surface area contributed by atoms with Gasteiger partial charge in [0.2, 0.25) is 5.91 Å². The van der Waals surface area contributed by atoms with Crippen LogP contribution in [-0.4, -0.2) is 64.9 Å². The number of unbranched alkanes of at least 4 members (excludes halogenated alkanes) is 14. The number of phosphoric ester groups is 1. The first-order valence-corrected chi connectivity index (χ1v) is 18.9. The van der Waals surface area contributed by atoms with Gasteiger partial charge >= 0.3 is 19.8 Å². The molecule has 0 saturated heterocycles. The first-order chi connectivity index (χ1) is 22.1. The Morgan fingerprint density at radius 2 is 1.20 bits per heavy atom. The Kier molecular flexibility index (Phi) is 29.0. The number of allylic oxidation sites excluding steroid dienone is 4. The second-order valence-electron chi connectivity index (χ2n) is 11.7. The Morgan fingerprint density at radius 3 is 1.78 bits per heavy atom.